The van der Waals surface area contributed by atoms with Crippen LogP contribution < -0.4 is 21.4 Å². The van der Waals surface area contributed by atoms with Crippen LogP contribution in [0.4, 0.5) is 0 Å². The molecule has 0 bridgehead atoms. The maximum atomic E-state index is 15.7. The second-order valence-corrected chi connectivity index (χ2v) is 17.0. The fraction of sp³-hybridized carbons (Fsp3) is 0.163. The Balaban J connectivity index is 1.34. The van der Waals surface area contributed by atoms with Gasteiger partial charge in [0.1, 0.15) is 0 Å². The largest absolute Gasteiger partial charge is 0.494 e. The second-order valence-electron chi connectivity index (χ2n) is 14.2. The van der Waals surface area contributed by atoms with Crippen LogP contribution in [0.3, 0.4) is 0 Å². The lowest BCUT2D eigenvalue weighted by molar-refractivity contribution is 0.00578. The molecule has 9 rings (SSSR count). The zero-order valence-corrected chi connectivity index (χ0v) is 28.5. The Labute approximate surface area is 283 Å². The van der Waals surface area contributed by atoms with Gasteiger partial charge in [-0.05, 0) is 83.7 Å². The van der Waals surface area contributed by atoms with Crippen molar-refractivity contribution in [3.63, 3.8) is 0 Å². The van der Waals surface area contributed by atoms with E-state index in [2.05, 4.69) is 113 Å². The molecule has 3 nitrogen and oxygen atoms in total. The number of hydrogen-bond acceptors (Lipinski definition) is 3. The van der Waals surface area contributed by atoms with Gasteiger partial charge in [0.25, 0.3) is 0 Å². The van der Waals surface area contributed by atoms with E-state index >= 15 is 4.57 Å². The summed E-state index contributed by atoms with van der Waals surface area (Å²) >= 11 is 0. The van der Waals surface area contributed by atoms with Crippen molar-refractivity contribution in [2.45, 2.75) is 44.3 Å². The number of hydrogen-bond donors (Lipinski definition) is 0. The normalized spacial score (nSPS) is 17.5. The van der Waals surface area contributed by atoms with E-state index in [0.29, 0.717) is 0 Å². The van der Waals surface area contributed by atoms with Gasteiger partial charge in [-0.15, -0.1) is 0 Å². The van der Waals surface area contributed by atoms with Crippen molar-refractivity contribution >= 4 is 35.6 Å². The van der Waals surface area contributed by atoms with Crippen molar-refractivity contribution in [1.29, 1.82) is 0 Å². The van der Waals surface area contributed by atoms with Crippen LogP contribution in [-0.4, -0.2) is 18.3 Å². The summed E-state index contributed by atoms with van der Waals surface area (Å²) in [7, 11) is -3.71. The molecule has 1 aliphatic heterocycles. The van der Waals surface area contributed by atoms with Crippen molar-refractivity contribution in [1.82, 2.24) is 0 Å². The third-order valence-corrected chi connectivity index (χ3v) is 14.3. The van der Waals surface area contributed by atoms with Gasteiger partial charge in [-0.3, -0.25) is 0 Å². The first-order valence-corrected chi connectivity index (χ1v) is 18.4. The summed E-state index contributed by atoms with van der Waals surface area (Å²) in [4.78, 5) is 0. The molecule has 5 heteroatoms. The fourth-order valence-corrected chi connectivity index (χ4v) is 10.9. The van der Waals surface area contributed by atoms with E-state index in [9.17, 15) is 0 Å². The lowest BCUT2D eigenvalue weighted by Crippen LogP contribution is -2.41. The maximum absolute atomic E-state index is 15.7. The molecule has 0 unspecified atom stereocenters. The van der Waals surface area contributed by atoms with E-state index in [0.717, 1.165) is 32.5 Å². The van der Waals surface area contributed by atoms with Crippen molar-refractivity contribution in [3.8, 4) is 22.3 Å². The summed E-state index contributed by atoms with van der Waals surface area (Å²) in [5.74, 6) is 0. The van der Waals surface area contributed by atoms with Crippen molar-refractivity contribution in [2.24, 2.45) is 0 Å². The van der Waals surface area contributed by atoms with Gasteiger partial charge in [0, 0.05) is 15.9 Å². The van der Waals surface area contributed by atoms with Gasteiger partial charge in [-0.2, -0.15) is 0 Å². The zero-order chi connectivity index (χ0) is 32.9. The molecule has 0 atom stereocenters. The zero-order valence-electron chi connectivity index (χ0n) is 27.6. The third kappa shape index (κ3) is 3.89. The van der Waals surface area contributed by atoms with E-state index in [1.807, 2.05) is 60.7 Å². The Morgan fingerprint density at radius 3 is 1.44 bits per heavy atom. The van der Waals surface area contributed by atoms with Crippen LogP contribution in [0, 0.1) is 0 Å². The van der Waals surface area contributed by atoms with Gasteiger partial charge in [0.2, 0.25) is 0 Å². The molecule has 2 aliphatic carbocycles. The molecule has 234 valence electrons. The molecule has 48 heavy (non-hydrogen) atoms. The molecule has 6 aromatic carbocycles. The predicted octanol–water partition coefficient (Wildman–Crippen LogP) is 7.97. The predicted molar refractivity (Wildman–Crippen MR) is 198 cm³/mol. The summed E-state index contributed by atoms with van der Waals surface area (Å²) in [6.07, 6.45) is 0. The molecule has 0 aromatic heterocycles. The summed E-state index contributed by atoms with van der Waals surface area (Å²) in [5, 5.41) is 2.49. The third-order valence-electron chi connectivity index (χ3n) is 11.2. The molecular formula is C43H36BO3P. The molecule has 1 heterocycles. The minimum atomic E-state index is -3.23. The molecule has 1 spiro atoms. The molecule has 0 saturated carbocycles. The van der Waals surface area contributed by atoms with E-state index in [-0.39, 0.29) is 0 Å². The van der Waals surface area contributed by atoms with Gasteiger partial charge in [-0.1, -0.05) is 140 Å². The molecule has 3 aliphatic rings. The highest BCUT2D eigenvalue weighted by molar-refractivity contribution is 7.85. The van der Waals surface area contributed by atoms with E-state index in [1.54, 1.807) is 0 Å². The fourth-order valence-electron chi connectivity index (χ4n) is 8.19. The summed E-state index contributed by atoms with van der Waals surface area (Å²) < 4.78 is 28.9. The van der Waals surface area contributed by atoms with Gasteiger partial charge in [-0.25, -0.2) is 0 Å². The Kier molecular flexibility index (Phi) is 6.34. The van der Waals surface area contributed by atoms with Crippen LogP contribution in [0.2, 0.25) is 0 Å². The molecule has 6 aromatic rings. The SMILES string of the molecule is CC1(C)OB(c2ccc3c(c2)C2(c4ccccc4-c4ccccc42)c2cc(P(=O)(c4ccccc4)c4ccccc4)ccc2-3)OC1(C)C. The van der Waals surface area contributed by atoms with Gasteiger partial charge in [0.15, 0.2) is 7.14 Å². The van der Waals surface area contributed by atoms with Crippen LogP contribution in [0.1, 0.15) is 49.9 Å². The maximum Gasteiger partial charge on any atom is 0.494 e. The second kappa shape index (κ2) is 10.3. The average molecular weight is 643 g/mol. The van der Waals surface area contributed by atoms with Crippen LogP contribution in [0.5, 0.6) is 0 Å². The minimum absolute atomic E-state index is 0.450. The summed E-state index contributed by atoms with van der Waals surface area (Å²) in [6.45, 7) is 8.39. The van der Waals surface area contributed by atoms with Crippen LogP contribution >= 0.6 is 7.14 Å². The molecular weight excluding hydrogens is 606 g/mol. The monoisotopic (exact) mass is 642 g/mol. The van der Waals surface area contributed by atoms with Crippen molar-refractivity contribution in [3.05, 3.63) is 168 Å². The first-order valence-electron chi connectivity index (χ1n) is 16.7. The molecule has 1 fully saturated rings. The van der Waals surface area contributed by atoms with Crippen molar-refractivity contribution in [2.75, 3.05) is 0 Å². The lowest BCUT2D eigenvalue weighted by Gasteiger charge is -2.32. The van der Waals surface area contributed by atoms with E-state index in [4.69, 9.17) is 9.31 Å². The van der Waals surface area contributed by atoms with E-state index < -0.39 is 30.9 Å². The highest BCUT2D eigenvalue weighted by Gasteiger charge is 2.55. The minimum Gasteiger partial charge on any atom is -0.399 e. The Hall–Kier alpha value is -4.47. The van der Waals surface area contributed by atoms with Gasteiger partial charge >= 0.3 is 7.12 Å². The van der Waals surface area contributed by atoms with Crippen LogP contribution in [0.25, 0.3) is 22.3 Å². The lowest BCUT2D eigenvalue weighted by atomic mass is 9.68. The number of fused-ring (bicyclic) bond motifs is 10. The Morgan fingerprint density at radius 1 is 0.458 bits per heavy atom. The quantitative estimate of drug-likeness (QED) is 0.144. The standard InChI is InChI=1S/C43H36BO3P/c1-41(2)42(3,4)47-44(46-41)29-23-25-35-36-26-24-32(48(45,30-15-7-5-8-16-30)31-17-9-6-10-18-31)28-40(36)43(39(35)27-29)37-21-13-11-19-33(37)34-20-12-14-22-38(34)43/h5-28H,1-4H3. The first kappa shape index (κ1) is 29.7. The summed E-state index contributed by atoms with van der Waals surface area (Å²) in [6, 6.07) is 50.7. The smallest absolute Gasteiger partial charge is 0.399 e. The van der Waals surface area contributed by atoms with E-state index in [1.165, 1.54) is 33.4 Å². The van der Waals surface area contributed by atoms with Gasteiger partial charge in [0.05, 0.1) is 16.6 Å². The Bertz CT molecular complexity index is 2190. The number of benzene rings is 6. The van der Waals surface area contributed by atoms with Crippen molar-refractivity contribution < 1.29 is 13.9 Å². The number of rotatable bonds is 4. The first-order chi connectivity index (χ1) is 23.2. The highest BCUT2D eigenvalue weighted by atomic mass is 31.2. The van der Waals surface area contributed by atoms with Gasteiger partial charge < -0.3 is 13.9 Å². The average Bonchev–Trinajstić information content (AvgIpc) is 3.67. The molecule has 1 saturated heterocycles. The molecule has 0 amide bonds. The molecule has 0 N–H and O–H groups in total. The highest BCUT2D eigenvalue weighted by Crippen LogP contribution is 2.63. The topological polar surface area (TPSA) is 35.5 Å². The summed E-state index contributed by atoms with van der Waals surface area (Å²) in [5.41, 5.74) is 9.13. The van der Waals surface area contributed by atoms with Crippen LogP contribution in [0.15, 0.2) is 146 Å². The molecule has 0 radical (unpaired) electrons. The Morgan fingerprint density at radius 2 is 0.896 bits per heavy atom. The van der Waals surface area contributed by atoms with Crippen LogP contribution in [-0.2, 0) is 19.3 Å².